The largest absolute Gasteiger partial charge is 0.493 e. The monoisotopic (exact) mass is 412 g/mol. The fourth-order valence-corrected chi connectivity index (χ4v) is 2.32. The van der Waals surface area contributed by atoms with Crippen LogP contribution in [-0.4, -0.2) is 19.6 Å². The molecule has 0 fully saturated rings. The number of para-hydroxylation sites is 1. The van der Waals surface area contributed by atoms with Crippen LogP contribution in [0, 0.1) is 11.3 Å². The Bertz CT molecular complexity index is 965. The van der Waals surface area contributed by atoms with E-state index in [0.29, 0.717) is 0 Å². The number of hydrogen-bond donors (Lipinski definition) is 1. The summed E-state index contributed by atoms with van der Waals surface area (Å²) in [4.78, 5) is 12.3. The normalized spacial score (nSPS) is 11.7. The Morgan fingerprint density at radius 3 is 2.45 bits per heavy atom. The number of rotatable bonds is 6. The SMILES string of the molecule is COc1ccc(/C=C(\C#N)C(=O)Nc2ccccc2C(F)(F)F)cc1OC(F)F. The number of halogens is 5. The molecule has 1 amide bonds. The van der Waals surface area contributed by atoms with Crippen LogP contribution in [0.1, 0.15) is 11.1 Å². The van der Waals surface area contributed by atoms with E-state index in [1.807, 2.05) is 5.32 Å². The molecule has 0 saturated heterocycles. The Kier molecular flexibility index (Phi) is 6.77. The molecule has 0 aliphatic rings. The third-order valence-electron chi connectivity index (χ3n) is 3.56. The summed E-state index contributed by atoms with van der Waals surface area (Å²) in [7, 11) is 1.23. The molecule has 152 valence electrons. The van der Waals surface area contributed by atoms with Gasteiger partial charge in [0.2, 0.25) is 0 Å². The molecule has 2 aromatic carbocycles. The molecule has 1 N–H and O–H groups in total. The smallest absolute Gasteiger partial charge is 0.418 e. The highest BCUT2D eigenvalue weighted by Crippen LogP contribution is 2.35. The summed E-state index contributed by atoms with van der Waals surface area (Å²) in [6.07, 6.45) is -3.69. The van der Waals surface area contributed by atoms with Crippen molar-refractivity contribution in [3.8, 4) is 17.6 Å². The van der Waals surface area contributed by atoms with E-state index in [0.717, 1.165) is 30.3 Å². The number of nitriles is 1. The lowest BCUT2D eigenvalue weighted by molar-refractivity contribution is -0.137. The molecular weight excluding hydrogens is 399 g/mol. The minimum absolute atomic E-state index is 0.00971. The Morgan fingerprint density at radius 2 is 1.86 bits per heavy atom. The topological polar surface area (TPSA) is 71.3 Å². The number of carbonyl (C=O) groups excluding carboxylic acids is 1. The van der Waals surface area contributed by atoms with E-state index >= 15 is 0 Å². The van der Waals surface area contributed by atoms with Crippen molar-refractivity contribution in [3.63, 3.8) is 0 Å². The van der Waals surface area contributed by atoms with Gasteiger partial charge in [0.05, 0.1) is 18.4 Å². The Morgan fingerprint density at radius 1 is 1.17 bits per heavy atom. The van der Waals surface area contributed by atoms with E-state index in [4.69, 9.17) is 4.74 Å². The standard InChI is InChI=1S/C19H13F5N2O3/c1-28-15-7-6-11(9-16(15)29-18(20)21)8-12(10-25)17(27)26-14-5-3-2-4-13(14)19(22,23)24/h2-9,18H,1H3,(H,26,27)/b12-8+. The first-order valence-corrected chi connectivity index (χ1v) is 7.88. The van der Waals surface area contributed by atoms with Crippen LogP contribution in [0.15, 0.2) is 48.0 Å². The maximum absolute atomic E-state index is 13.0. The Labute approximate surface area is 162 Å². The Balaban J connectivity index is 2.34. The summed E-state index contributed by atoms with van der Waals surface area (Å²) >= 11 is 0. The summed E-state index contributed by atoms with van der Waals surface area (Å²) in [5, 5.41) is 11.2. The third kappa shape index (κ3) is 5.68. The molecule has 0 aliphatic heterocycles. The quantitative estimate of drug-likeness (QED) is 0.418. The molecule has 0 radical (unpaired) electrons. The highest BCUT2D eigenvalue weighted by molar-refractivity contribution is 6.10. The van der Waals surface area contributed by atoms with E-state index in [9.17, 15) is 32.0 Å². The van der Waals surface area contributed by atoms with Crippen molar-refractivity contribution >= 4 is 17.7 Å². The van der Waals surface area contributed by atoms with Crippen molar-refractivity contribution < 1.29 is 36.2 Å². The molecule has 0 heterocycles. The van der Waals surface area contributed by atoms with Crippen molar-refractivity contribution in [1.82, 2.24) is 0 Å². The van der Waals surface area contributed by atoms with Crippen molar-refractivity contribution in [2.24, 2.45) is 0 Å². The lowest BCUT2D eigenvalue weighted by Gasteiger charge is -2.13. The average Bonchev–Trinajstić information content (AvgIpc) is 2.65. The molecule has 0 bridgehead atoms. The molecule has 0 saturated carbocycles. The summed E-state index contributed by atoms with van der Waals surface area (Å²) in [6.45, 7) is -3.14. The summed E-state index contributed by atoms with van der Waals surface area (Å²) in [5.74, 6) is -1.45. The first kappa shape index (κ1) is 21.7. The molecule has 5 nitrogen and oxygen atoms in total. The van der Waals surface area contributed by atoms with Crippen LogP contribution < -0.4 is 14.8 Å². The molecule has 10 heteroatoms. The second-order valence-electron chi connectivity index (χ2n) is 5.46. The number of carbonyl (C=O) groups is 1. The maximum atomic E-state index is 13.0. The first-order chi connectivity index (χ1) is 13.7. The van der Waals surface area contributed by atoms with Gasteiger partial charge < -0.3 is 14.8 Å². The van der Waals surface area contributed by atoms with Crippen LogP contribution in [0.3, 0.4) is 0 Å². The van der Waals surface area contributed by atoms with Crippen LogP contribution >= 0.6 is 0 Å². The molecule has 0 aliphatic carbocycles. The van der Waals surface area contributed by atoms with Crippen molar-refractivity contribution in [1.29, 1.82) is 5.26 Å². The van der Waals surface area contributed by atoms with Crippen molar-refractivity contribution in [3.05, 3.63) is 59.2 Å². The first-order valence-electron chi connectivity index (χ1n) is 7.88. The maximum Gasteiger partial charge on any atom is 0.418 e. The number of hydrogen-bond acceptors (Lipinski definition) is 4. The van der Waals surface area contributed by atoms with Gasteiger partial charge >= 0.3 is 12.8 Å². The molecule has 2 rings (SSSR count). The number of alkyl halides is 5. The molecule has 0 unspecified atom stereocenters. The lowest BCUT2D eigenvalue weighted by atomic mass is 10.1. The molecule has 0 atom stereocenters. The van der Waals surface area contributed by atoms with E-state index in [2.05, 4.69) is 4.74 Å². The zero-order chi connectivity index (χ0) is 21.6. The van der Waals surface area contributed by atoms with Gasteiger partial charge in [-0.25, -0.2) is 0 Å². The predicted molar refractivity (Wildman–Crippen MR) is 93.3 cm³/mol. The molecule has 0 spiro atoms. The van der Waals surface area contributed by atoms with E-state index < -0.39 is 35.5 Å². The van der Waals surface area contributed by atoms with Gasteiger partial charge in [0, 0.05) is 0 Å². The number of nitrogens with one attached hydrogen (secondary N) is 1. The fourth-order valence-electron chi connectivity index (χ4n) is 2.32. The highest BCUT2D eigenvalue weighted by Gasteiger charge is 2.33. The van der Waals surface area contributed by atoms with Gasteiger partial charge in [-0.1, -0.05) is 18.2 Å². The summed E-state index contributed by atoms with van der Waals surface area (Å²) < 4.78 is 73.3. The minimum Gasteiger partial charge on any atom is -0.493 e. The summed E-state index contributed by atoms with van der Waals surface area (Å²) in [6, 6.07) is 9.55. The fraction of sp³-hybridized carbons (Fsp3) is 0.158. The van der Waals surface area contributed by atoms with E-state index in [-0.39, 0.29) is 17.1 Å². The third-order valence-corrected chi connectivity index (χ3v) is 3.56. The zero-order valence-electron chi connectivity index (χ0n) is 14.8. The molecule has 0 aromatic heterocycles. The predicted octanol–water partition coefficient (Wildman–Crippen LogP) is 4.86. The second kappa shape index (κ2) is 9.05. The van der Waals surface area contributed by atoms with Crippen LogP contribution in [0.2, 0.25) is 0 Å². The van der Waals surface area contributed by atoms with E-state index in [1.165, 1.54) is 25.3 Å². The average molecular weight is 412 g/mol. The van der Waals surface area contributed by atoms with Crippen LogP contribution in [0.5, 0.6) is 11.5 Å². The van der Waals surface area contributed by atoms with Gasteiger partial charge in [-0.2, -0.15) is 27.2 Å². The number of ether oxygens (including phenoxy) is 2. The molecule has 2 aromatic rings. The van der Waals surface area contributed by atoms with Gasteiger partial charge in [-0.05, 0) is 35.9 Å². The molecule has 29 heavy (non-hydrogen) atoms. The van der Waals surface area contributed by atoms with Crippen LogP contribution in [0.4, 0.5) is 27.6 Å². The zero-order valence-corrected chi connectivity index (χ0v) is 14.8. The van der Waals surface area contributed by atoms with Gasteiger partial charge in [0.15, 0.2) is 11.5 Å². The van der Waals surface area contributed by atoms with Gasteiger partial charge in [0.25, 0.3) is 5.91 Å². The number of anilines is 1. The Hall–Kier alpha value is -3.61. The van der Waals surface area contributed by atoms with Gasteiger partial charge in [-0.3, -0.25) is 4.79 Å². The van der Waals surface area contributed by atoms with E-state index in [1.54, 1.807) is 6.07 Å². The summed E-state index contributed by atoms with van der Waals surface area (Å²) in [5.41, 5.74) is -2.03. The number of benzene rings is 2. The highest BCUT2D eigenvalue weighted by atomic mass is 19.4. The number of amides is 1. The van der Waals surface area contributed by atoms with Crippen molar-refractivity contribution in [2.75, 3.05) is 12.4 Å². The number of nitrogens with zero attached hydrogens (tertiary/aromatic N) is 1. The van der Waals surface area contributed by atoms with Crippen LogP contribution in [-0.2, 0) is 11.0 Å². The van der Waals surface area contributed by atoms with Gasteiger partial charge in [0.1, 0.15) is 11.6 Å². The lowest BCUT2D eigenvalue weighted by Crippen LogP contribution is -2.17. The van der Waals surface area contributed by atoms with Crippen molar-refractivity contribution in [2.45, 2.75) is 12.8 Å². The van der Waals surface area contributed by atoms with Gasteiger partial charge in [-0.15, -0.1) is 0 Å². The minimum atomic E-state index is -4.71. The molecular formula is C19H13F5N2O3. The van der Waals surface area contributed by atoms with Crippen LogP contribution in [0.25, 0.3) is 6.08 Å². The second-order valence-corrected chi connectivity index (χ2v) is 5.46. The number of methoxy groups -OCH3 is 1.